The minimum absolute atomic E-state index is 0.582. The van der Waals surface area contributed by atoms with Gasteiger partial charge in [0.25, 0.3) is 0 Å². The molecule has 1 aliphatic heterocycles. The molecule has 1 rings (SSSR count). The highest BCUT2D eigenvalue weighted by Crippen LogP contribution is 2.05. The Bertz CT molecular complexity index is 135. The van der Waals surface area contributed by atoms with Crippen molar-refractivity contribution in [3.8, 4) is 0 Å². The van der Waals surface area contributed by atoms with Gasteiger partial charge >= 0.3 is 0 Å². The van der Waals surface area contributed by atoms with Crippen molar-refractivity contribution < 1.29 is 0 Å². The van der Waals surface area contributed by atoms with E-state index >= 15 is 0 Å². The molecule has 0 amide bonds. The van der Waals surface area contributed by atoms with Gasteiger partial charge in [-0.1, -0.05) is 6.92 Å². The van der Waals surface area contributed by atoms with Gasteiger partial charge in [0.05, 0.1) is 6.17 Å². The molecule has 3 heteroatoms. The third kappa shape index (κ3) is 2.93. The fraction of sp³-hybridized carbons (Fsp3) is 1.00. The van der Waals surface area contributed by atoms with Crippen LogP contribution in [0.4, 0.5) is 0 Å². The highest BCUT2D eigenvalue weighted by molar-refractivity contribution is 4.71. The second kappa shape index (κ2) is 4.94. The van der Waals surface area contributed by atoms with Crippen molar-refractivity contribution >= 4 is 0 Å². The molecular weight excluding hydrogens is 162 g/mol. The number of nitrogens with zero attached hydrogens (tertiary/aromatic N) is 3. The van der Waals surface area contributed by atoms with Gasteiger partial charge in [0.15, 0.2) is 0 Å². The molecule has 0 aromatic rings. The zero-order chi connectivity index (χ0) is 9.84. The van der Waals surface area contributed by atoms with E-state index in [0.29, 0.717) is 6.17 Å². The largest absolute Gasteiger partial charge is 0.301 e. The van der Waals surface area contributed by atoms with Gasteiger partial charge in [0.1, 0.15) is 0 Å². The molecule has 78 valence electrons. The molecule has 1 aliphatic rings. The maximum Gasteiger partial charge on any atom is 0.0589 e. The van der Waals surface area contributed by atoms with Crippen LogP contribution >= 0.6 is 0 Å². The molecule has 0 unspecified atom stereocenters. The van der Waals surface area contributed by atoms with E-state index in [-0.39, 0.29) is 0 Å². The van der Waals surface area contributed by atoms with E-state index < -0.39 is 0 Å². The van der Waals surface area contributed by atoms with Gasteiger partial charge in [0.2, 0.25) is 0 Å². The highest BCUT2D eigenvalue weighted by Gasteiger charge is 2.18. The Morgan fingerprint density at radius 2 is 1.46 bits per heavy atom. The summed E-state index contributed by atoms with van der Waals surface area (Å²) < 4.78 is 0. The fourth-order valence-corrected chi connectivity index (χ4v) is 1.74. The molecule has 3 nitrogen and oxygen atoms in total. The van der Waals surface area contributed by atoms with Gasteiger partial charge in [-0.25, -0.2) is 0 Å². The molecule has 0 aliphatic carbocycles. The Labute approximate surface area is 82.3 Å². The third-order valence-electron chi connectivity index (χ3n) is 3.26. The summed E-state index contributed by atoms with van der Waals surface area (Å²) in [5.41, 5.74) is 0. The van der Waals surface area contributed by atoms with Crippen LogP contribution in [0.5, 0.6) is 0 Å². The van der Waals surface area contributed by atoms with Crippen molar-refractivity contribution in [3.05, 3.63) is 0 Å². The van der Waals surface area contributed by atoms with Gasteiger partial charge in [0, 0.05) is 26.2 Å². The van der Waals surface area contributed by atoms with Crippen LogP contribution in [0.1, 0.15) is 13.8 Å². The van der Waals surface area contributed by atoms with Crippen molar-refractivity contribution in [3.63, 3.8) is 0 Å². The Morgan fingerprint density at radius 3 is 1.85 bits per heavy atom. The van der Waals surface area contributed by atoms with Crippen LogP contribution in [0.2, 0.25) is 0 Å². The summed E-state index contributed by atoms with van der Waals surface area (Å²) in [6.07, 6.45) is 0.582. The van der Waals surface area contributed by atoms with E-state index in [9.17, 15) is 0 Å². The van der Waals surface area contributed by atoms with Gasteiger partial charge in [-0.15, -0.1) is 0 Å². The van der Waals surface area contributed by atoms with Crippen molar-refractivity contribution in [2.45, 2.75) is 20.0 Å². The molecule has 1 heterocycles. The Hall–Kier alpha value is -0.120. The smallest absolute Gasteiger partial charge is 0.0589 e. The van der Waals surface area contributed by atoms with Crippen LogP contribution in [-0.4, -0.2) is 67.7 Å². The lowest BCUT2D eigenvalue weighted by molar-refractivity contribution is 0.0552. The van der Waals surface area contributed by atoms with E-state index in [1.54, 1.807) is 0 Å². The van der Waals surface area contributed by atoms with Gasteiger partial charge in [-0.2, -0.15) is 0 Å². The van der Waals surface area contributed by atoms with E-state index in [2.05, 4.69) is 42.6 Å². The normalized spacial score (nSPS) is 25.8. The van der Waals surface area contributed by atoms with Gasteiger partial charge < -0.3 is 4.90 Å². The minimum Gasteiger partial charge on any atom is -0.301 e. The van der Waals surface area contributed by atoms with Crippen molar-refractivity contribution in [1.29, 1.82) is 0 Å². The number of likely N-dealkylation sites (N-methyl/N-ethyl adjacent to an activating group) is 3. The molecule has 0 aromatic heterocycles. The molecule has 1 fully saturated rings. The molecule has 0 spiro atoms. The Kier molecular flexibility index (Phi) is 4.16. The predicted molar refractivity (Wildman–Crippen MR) is 56.8 cm³/mol. The van der Waals surface area contributed by atoms with Crippen molar-refractivity contribution in [1.82, 2.24) is 14.7 Å². The van der Waals surface area contributed by atoms with Crippen LogP contribution in [0.15, 0.2) is 0 Å². The number of hydrogen-bond donors (Lipinski definition) is 0. The van der Waals surface area contributed by atoms with Gasteiger partial charge in [-0.3, -0.25) is 9.80 Å². The van der Waals surface area contributed by atoms with Crippen molar-refractivity contribution in [2.75, 3.05) is 46.8 Å². The molecular formula is C10H23N3. The Morgan fingerprint density at radius 1 is 1.00 bits per heavy atom. The summed E-state index contributed by atoms with van der Waals surface area (Å²) >= 11 is 0. The highest BCUT2D eigenvalue weighted by atomic mass is 15.4. The quantitative estimate of drug-likeness (QED) is 0.590. The summed E-state index contributed by atoms with van der Waals surface area (Å²) in [6.45, 7) is 10.5. The SMILES string of the molecule is CCN1CCN(C)C(C)N(C)CC1. The van der Waals surface area contributed by atoms with E-state index in [1.807, 2.05) is 0 Å². The van der Waals surface area contributed by atoms with Crippen LogP contribution in [0.25, 0.3) is 0 Å². The average molecular weight is 185 g/mol. The third-order valence-corrected chi connectivity index (χ3v) is 3.26. The first-order valence-electron chi connectivity index (χ1n) is 5.28. The first-order chi connectivity index (χ1) is 6.15. The molecule has 0 N–H and O–H groups in total. The minimum atomic E-state index is 0.582. The zero-order valence-electron chi connectivity index (χ0n) is 9.45. The summed E-state index contributed by atoms with van der Waals surface area (Å²) in [5.74, 6) is 0. The molecule has 0 radical (unpaired) electrons. The number of rotatable bonds is 1. The molecule has 0 atom stereocenters. The maximum absolute atomic E-state index is 2.51. The second-order valence-corrected chi connectivity index (χ2v) is 4.03. The molecule has 0 aromatic carbocycles. The summed E-state index contributed by atoms with van der Waals surface area (Å²) in [5, 5.41) is 0. The lowest BCUT2D eigenvalue weighted by atomic mass is 10.3. The molecule has 0 bridgehead atoms. The van der Waals surface area contributed by atoms with E-state index in [0.717, 1.165) is 0 Å². The predicted octanol–water partition coefficient (Wildman–Crippen LogP) is 0.532. The fourth-order valence-electron chi connectivity index (χ4n) is 1.74. The van der Waals surface area contributed by atoms with Gasteiger partial charge in [-0.05, 0) is 27.6 Å². The lowest BCUT2D eigenvalue weighted by Crippen LogP contribution is -2.51. The van der Waals surface area contributed by atoms with Crippen LogP contribution in [0.3, 0.4) is 0 Å². The Balaban J connectivity index is 2.48. The summed E-state index contributed by atoms with van der Waals surface area (Å²) in [7, 11) is 4.42. The standard InChI is InChI=1S/C10H23N3/c1-5-13-8-6-11(3)10(2)12(4)7-9-13/h10H,5-9H2,1-4H3. The average Bonchev–Trinajstić information content (AvgIpc) is 2.14. The lowest BCUT2D eigenvalue weighted by Gasteiger charge is -2.38. The monoisotopic (exact) mass is 185 g/mol. The molecule has 13 heavy (non-hydrogen) atoms. The molecule has 0 saturated carbocycles. The van der Waals surface area contributed by atoms with Crippen LogP contribution in [-0.2, 0) is 0 Å². The second-order valence-electron chi connectivity index (χ2n) is 4.03. The first-order valence-corrected chi connectivity index (χ1v) is 5.28. The summed E-state index contributed by atoms with van der Waals surface area (Å²) in [4.78, 5) is 7.35. The van der Waals surface area contributed by atoms with Crippen molar-refractivity contribution in [2.24, 2.45) is 0 Å². The first kappa shape index (κ1) is 11.0. The summed E-state index contributed by atoms with van der Waals surface area (Å²) in [6, 6.07) is 0. The zero-order valence-corrected chi connectivity index (χ0v) is 9.45. The molecule has 1 saturated heterocycles. The van der Waals surface area contributed by atoms with Crippen LogP contribution < -0.4 is 0 Å². The van der Waals surface area contributed by atoms with E-state index in [1.165, 1.54) is 32.7 Å². The topological polar surface area (TPSA) is 9.72 Å². The van der Waals surface area contributed by atoms with E-state index in [4.69, 9.17) is 0 Å². The van der Waals surface area contributed by atoms with Crippen LogP contribution in [0, 0.1) is 0 Å². The number of hydrogen-bond acceptors (Lipinski definition) is 3. The maximum atomic E-state index is 2.51.